The van der Waals surface area contributed by atoms with E-state index in [9.17, 15) is 0 Å². The Labute approximate surface area is 162 Å². The summed E-state index contributed by atoms with van der Waals surface area (Å²) in [5.74, 6) is 1.25. The Morgan fingerprint density at radius 3 is 1.89 bits per heavy atom. The van der Waals surface area contributed by atoms with E-state index in [2.05, 4.69) is 11.1 Å². The number of ether oxygens (including phenoxy) is 1. The first kappa shape index (κ1) is 16.3. The van der Waals surface area contributed by atoms with Gasteiger partial charge in [-0.3, -0.25) is 4.98 Å². The summed E-state index contributed by atoms with van der Waals surface area (Å²) in [6.07, 6.45) is 3.34. The summed E-state index contributed by atoms with van der Waals surface area (Å²) in [6.45, 7) is 0. The molecule has 4 aromatic rings. The van der Waals surface area contributed by atoms with E-state index in [1.165, 1.54) is 0 Å². The van der Waals surface area contributed by atoms with Gasteiger partial charge in [0.1, 0.15) is 11.4 Å². The van der Waals surface area contributed by atoms with Crippen molar-refractivity contribution >= 4 is 11.4 Å². The van der Waals surface area contributed by atoms with Crippen molar-refractivity contribution in [3.63, 3.8) is 0 Å². The average Bonchev–Trinajstić information content (AvgIpc) is 2.73. The highest BCUT2D eigenvalue weighted by Crippen LogP contribution is 2.53. The zero-order valence-electron chi connectivity index (χ0n) is 15.0. The number of hydrogen-bond acceptors (Lipinski definition) is 5. The van der Waals surface area contributed by atoms with Gasteiger partial charge < -0.3 is 16.2 Å². The quantitative estimate of drug-likeness (QED) is 0.459. The minimum absolute atomic E-state index is 0.495. The molecule has 0 bridgehead atoms. The number of benzene rings is 3. The van der Waals surface area contributed by atoms with Crippen LogP contribution in [-0.4, -0.2) is 9.97 Å². The molecule has 0 radical (unpaired) electrons. The molecule has 136 valence electrons. The van der Waals surface area contributed by atoms with Crippen molar-refractivity contribution in [2.45, 2.75) is 5.41 Å². The Balaban J connectivity index is 1.94. The standard InChI is InChI=1S/C23H18N4O/c24-17-9-5-15(6-10-17)23(16-7-11-18(25)12-8-16)19-3-1-2-4-20(19)28-22-21(23)26-13-14-27-22/h1-14H,24-25H2. The molecule has 0 unspecified atom stereocenters. The maximum absolute atomic E-state index is 6.10. The zero-order valence-corrected chi connectivity index (χ0v) is 15.0. The minimum Gasteiger partial charge on any atom is -0.437 e. The Hall–Kier alpha value is -3.86. The van der Waals surface area contributed by atoms with Gasteiger partial charge in [0.05, 0.1) is 5.41 Å². The summed E-state index contributed by atoms with van der Waals surface area (Å²) in [4.78, 5) is 9.18. The van der Waals surface area contributed by atoms with E-state index < -0.39 is 5.41 Å². The highest BCUT2D eigenvalue weighted by atomic mass is 16.5. The summed E-state index contributed by atoms with van der Waals surface area (Å²) >= 11 is 0. The molecule has 28 heavy (non-hydrogen) atoms. The third-order valence-corrected chi connectivity index (χ3v) is 5.20. The summed E-state index contributed by atoms with van der Waals surface area (Å²) in [7, 11) is 0. The van der Waals surface area contributed by atoms with Crippen molar-refractivity contribution in [1.29, 1.82) is 0 Å². The molecule has 5 heteroatoms. The molecule has 1 aliphatic heterocycles. The Morgan fingerprint density at radius 2 is 1.25 bits per heavy atom. The lowest BCUT2D eigenvalue weighted by Gasteiger charge is -2.39. The molecule has 0 saturated carbocycles. The van der Waals surface area contributed by atoms with Crippen LogP contribution in [0.25, 0.3) is 0 Å². The fourth-order valence-corrected chi connectivity index (χ4v) is 3.97. The molecule has 1 aliphatic rings. The number of nitrogens with two attached hydrogens (primary N) is 2. The summed E-state index contributed by atoms with van der Waals surface area (Å²) in [5, 5.41) is 0. The smallest absolute Gasteiger partial charge is 0.242 e. The predicted octanol–water partition coefficient (Wildman–Crippen LogP) is 4.13. The molecule has 0 fully saturated rings. The molecular formula is C23H18N4O. The Kier molecular flexibility index (Phi) is 3.55. The van der Waals surface area contributed by atoms with Gasteiger partial charge in [0.25, 0.3) is 0 Å². The molecule has 0 amide bonds. The second-order valence-corrected chi connectivity index (χ2v) is 6.80. The molecule has 0 aliphatic carbocycles. The van der Waals surface area contributed by atoms with Crippen LogP contribution in [0.3, 0.4) is 0 Å². The van der Waals surface area contributed by atoms with Crippen LogP contribution in [-0.2, 0) is 5.41 Å². The monoisotopic (exact) mass is 366 g/mol. The molecule has 3 aromatic carbocycles. The van der Waals surface area contributed by atoms with Gasteiger partial charge in [-0.2, -0.15) is 0 Å². The number of fused-ring (bicyclic) bond motifs is 2. The van der Waals surface area contributed by atoms with Crippen LogP contribution in [0.4, 0.5) is 11.4 Å². The number of rotatable bonds is 2. The lowest BCUT2D eigenvalue weighted by molar-refractivity contribution is 0.409. The molecule has 5 rings (SSSR count). The largest absolute Gasteiger partial charge is 0.437 e. The SMILES string of the molecule is Nc1ccc(C2(c3ccc(N)cc3)c3ccccc3Oc3nccnc32)cc1. The average molecular weight is 366 g/mol. The van der Waals surface area contributed by atoms with Gasteiger partial charge in [0.15, 0.2) is 0 Å². The zero-order chi connectivity index (χ0) is 19.1. The van der Waals surface area contributed by atoms with Crippen molar-refractivity contribution in [3.8, 4) is 11.6 Å². The molecule has 0 atom stereocenters. The third kappa shape index (κ3) is 2.26. The van der Waals surface area contributed by atoms with Crippen LogP contribution in [0.15, 0.2) is 85.2 Å². The molecule has 1 aromatic heterocycles. The van der Waals surface area contributed by atoms with Gasteiger partial charge in [0, 0.05) is 29.3 Å². The fourth-order valence-electron chi connectivity index (χ4n) is 3.97. The van der Waals surface area contributed by atoms with Crippen LogP contribution in [0.1, 0.15) is 22.4 Å². The highest BCUT2D eigenvalue weighted by Gasteiger charge is 2.47. The second kappa shape index (κ2) is 6.09. The van der Waals surface area contributed by atoms with Crippen LogP contribution >= 0.6 is 0 Å². The van der Waals surface area contributed by atoms with Crippen molar-refractivity contribution in [2.24, 2.45) is 0 Å². The lowest BCUT2D eigenvalue weighted by atomic mass is 9.66. The normalized spacial score (nSPS) is 13.9. The number of anilines is 2. The molecule has 2 heterocycles. The summed E-state index contributed by atoms with van der Waals surface area (Å²) in [6, 6.07) is 23.7. The molecular weight excluding hydrogens is 348 g/mol. The van der Waals surface area contributed by atoms with Gasteiger partial charge in [-0.05, 0) is 41.5 Å². The van der Waals surface area contributed by atoms with Gasteiger partial charge in [-0.1, -0.05) is 42.5 Å². The van der Waals surface area contributed by atoms with E-state index in [1.807, 2.05) is 66.7 Å². The van der Waals surface area contributed by atoms with E-state index in [0.717, 1.165) is 28.1 Å². The predicted molar refractivity (Wildman–Crippen MR) is 109 cm³/mol. The van der Waals surface area contributed by atoms with Gasteiger partial charge in [-0.25, -0.2) is 4.98 Å². The first-order valence-electron chi connectivity index (χ1n) is 9.00. The molecule has 0 spiro atoms. The number of aromatic nitrogens is 2. The Bertz CT molecular complexity index is 1060. The van der Waals surface area contributed by atoms with Crippen molar-refractivity contribution < 1.29 is 4.74 Å². The summed E-state index contributed by atoms with van der Waals surface area (Å²) in [5.41, 5.74) is 16.5. The highest BCUT2D eigenvalue weighted by molar-refractivity contribution is 5.67. The maximum atomic E-state index is 6.10. The van der Waals surface area contributed by atoms with E-state index >= 15 is 0 Å². The van der Waals surface area contributed by atoms with E-state index in [0.29, 0.717) is 17.3 Å². The number of nitrogen functional groups attached to an aromatic ring is 2. The number of nitrogens with zero attached hydrogens (tertiary/aromatic N) is 2. The third-order valence-electron chi connectivity index (χ3n) is 5.20. The second-order valence-electron chi connectivity index (χ2n) is 6.80. The van der Waals surface area contributed by atoms with Gasteiger partial charge >= 0.3 is 0 Å². The van der Waals surface area contributed by atoms with Crippen molar-refractivity contribution in [2.75, 3.05) is 11.5 Å². The van der Waals surface area contributed by atoms with Crippen molar-refractivity contribution in [3.05, 3.63) is 108 Å². The minimum atomic E-state index is -0.695. The van der Waals surface area contributed by atoms with Crippen LogP contribution in [0.2, 0.25) is 0 Å². The lowest BCUT2D eigenvalue weighted by Crippen LogP contribution is -2.35. The maximum Gasteiger partial charge on any atom is 0.242 e. The Morgan fingerprint density at radius 1 is 0.679 bits per heavy atom. The van der Waals surface area contributed by atoms with E-state index in [-0.39, 0.29) is 0 Å². The van der Waals surface area contributed by atoms with Gasteiger partial charge in [0.2, 0.25) is 5.88 Å². The first-order chi connectivity index (χ1) is 13.7. The number of para-hydroxylation sites is 1. The molecule has 4 N–H and O–H groups in total. The summed E-state index contributed by atoms with van der Waals surface area (Å²) < 4.78 is 6.10. The first-order valence-corrected chi connectivity index (χ1v) is 9.00. The van der Waals surface area contributed by atoms with Crippen LogP contribution in [0, 0.1) is 0 Å². The van der Waals surface area contributed by atoms with Crippen LogP contribution < -0.4 is 16.2 Å². The van der Waals surface area contributed by atoms with Gasteiger partial charge in [-0.15, -0.1) is 0 Å². The van der Waals surface area contributed by atoms with Crippen molar-refractivity contribution in [1.82, 2.24) is 9.97 Å². The fraction of sp³-hybridized carbons (Fsp3) is 0.0435. The van der Waals surface area contributed by atoms with E-state index in [4.69, 9.17) is 21.2 Å². The molecule has 5 nitrogen and oxygen atoms in total. The number of hydrogen-bond donors (Lipinski definition) is 2. The topological polar surface area (TPSA) is 87.0 Å². The van der Waals surface area contributed by atoms with Crippen LogP contribution in [0.5, 0.6) is 11.6 Å². The molecule has 0 saturated heterocycles. The van der Waals surface area contributed by atoms with E-state index in [1.54, 1.807) is 12.4 Å².